The topological polar surface area (TPSA) is 8.17 Å². The first kappa shape index (κ1) is 6.18. The van der Waals surface area contributed by atoms with Crippen molar-refractivity contribution < 1.29 is 0 Å². The van der Waals surface area contributed by atoms with E-state index >= 15 is 0 Å². The van der Waals surface area contributed by atoms with E-state index in [1.54, 1.807) is 0 Å². The quantitative estimate of drug-likeness (QED) is 0.512. The summed E-state index contributed by atoms with van der Waals surface area (Å²) in [6.07, 6.45) is 9.83. The Bertz CT molecular complexity index is 376. The molecular formula is C9H9BN2. The number of nitrogens with zero attached hydrogens (tertiary/aromatic N) is 2. The summed E-state index contributed by atoms with van der Waals surface area (Å²) in [5, 5.41) is 0. The molecule has 1 aromatic rings. The first-order chi connectivity index (χ1) is 5.93. The third kappa shape index (κ3) is 0.707. The van der Waals surface area contributed by atoms with Gasteiger partial charge in [0, 0.05) is 17.8 Å². The molecule has 0 spiro atoms. The molecule has 58 valence electrons. The molecule has 0 amide bonds. The SMILES string of the molecule is B1N2C=CCC2=Cc2cccn21. The molecule has 0 fully saturated rings. The van der Waals surface area contributed by atoms with E-state index in [4.69, 9.17) is 0 Å². The zero-order valence-electron chi connectivity index (χ0n) is 6.77. The van der Waals surface area contributed by atoms with E-state index in [0.29, 0.717) is 0 Å². The highest BCUT2D eigenvalue weighted by atomic mass is 15.2. The molecule has 0 radical (unpaired) electrons. The molecule has 1 aromatic heterocycles. The highest BCUT2D eigenvalue weighted by Gasteiger charge is 2.18. The van der Waals surface area contributed by atoms with Gasteiger partial charge in [-0.25, -0.2) is 0 Å². The van der Waals surface area contributed by atoms with Crippen LogP contribution in [0.5, 0.6) is 0 Å². The molecule has 0 aromatic carbocycles. The molecule has 3 heterocycles. The highest BCUT2D eigenvalue weighted by molar-refractivity contribution is 6.33. The lowest BCUT2D eigenvalue weighted by molar-refractivity contribution is 0.724. The average Bonchev–Trinajstić information content (AvgIpc) is 2.64. The largest absolute Gasteiger partial charge is 0.378 e. The highest BCUT2D eigenvalue weighted by Crippen LogP contribution is 2.24. The smallest absolute Gasteiger partial charge is 0.364 e. The standard InChI is InChI=1S/C9H9BN2/c1-3-8-7-9-4-2-6-12(9)10-11(8)5-1/h1-3,5-7,10H,4H2. The number of fused-ring (bicyclic) bond motifs is 2. The fraction of sp³-hybridized carbons (Fsp3) is 0.111. The van der Waals surface area contributed by atoms with Crippen LogP contribution in [0.4, 0.5) is 0 Å². The number of aromatic nitrogens is 1. The van der Waals surface area contributed by atoms with Crippen molar-refractivity contribution in [2.24, 2.45) is 0 Å². The van der Waals surface area contributed by atoms with Crippen LogP contribution in [0.15, 0.2) is 36.3 Å². The number of hydrogen-bond acceptors (Lipinski definition) is 1. The van der Waals surface area contributed by atoms with Gasteiger partial charge in [-0.3, -0.25) is 0 Å². The molecule has 0 N–H and O–H groups in total. The summed E-state index contributed by atoms with van der Waals surface area (Å²) in [6.45, 7) is 0. The maximum Gasteiger partial charge on any atom is 0.364 e. The second-order valence-corrected chi connectivity index (χ2v) is 3.24. The first-order valence-corrected chi connectivity index (χ1v) is 4.22. The van der Waals surface area contributed by atoms with Crippen LogP contribution < -0.4 is 0 Å². The summed E-state index contributed by atoms with van der Waals surface area (Å²) < 4.78 is 2.25. The predicted octanol–water partition coefficient (Wildman–Crippen LogP) is 1.18. The lowest BCUT2D eigenvalue weighted by Gasteiger charge is -2.23. The Hall–Kier alpha value is -1.38. The molecule has 2 nitrogen and oxygen atoms in total. The Morgan fingerprint density at radius 1 is 1.42 bits per heavy atom. The maximum atomic E-state index is 2.28. The van der Waals surface area contributed by atoms with Crippen LogP contribution in [0.25, 0.3) is 6.08 Å². The van der Waals surface area contributed by atoms with Crippen molar-refractivity contribution in [3.05, 3.63) is 42.0 Å². The molecule has 0 atom stereocenters. The van der Waals surface area contributed by atoms with Gasteiger partial charge in [-0.1, -0.05) is 6.08 Å². The normalized spacial score (nSPS) is 18.3. The van der Waals surface area contributed by atoms with Gasteiger partial charge in [0.1, 0.15) is 0 Å². The van der Waals surface area contributed by atoms with Crippen LogP contribution in [0.1, 0.15) is 12.1 Å². The van der Waals surface area contributed by atoms with Gasteiger partial charge in [0.25, 0.3) is 0 Å². The Morgan fingerprint density at radius 2 is 2.42 bits per heavy atom. The number of hydrogen-bond donors (Lipinski definition) is 0. The summed E-state index contributed by atoms with van der Waals surface area (Å²) in [5.74, 6) is 0. The van der Waals surface area contributed by atoms with Gasteiger partial charge >= 0.3 is 7.55 Å². The van der Waals surface area contributed by atoms with Gasteiger partial charge < -0.3 is 9.29 Å². The second-order valence-electron chi connectivity index (χ2n) is 3.24. The van der Waals surface area contributed by atoms with E-state index in [-0.39, 0.29) is 0 Å². The molecule has 0 bridgehead atoms. The van der Waals surface area contributed by atoms with Gasteiger partial charge in [0.2, 0.25) is 0 Å². The summed E-state index contributed by atoms with van der Waals surface area (Å²) in [5.41, 5.74) is 2.74. The molecule has 0 saturated heterocycles. The maximum absolute atomic E-state index is 2.28. The van der Waals surface area contributed by atoms with E-state index in [9.17, 15) is 0 Å². The van der Waals surface area contributed by atoms with E-state index in [2.05, 4.69) is 46.0 Å². The third-order valence-corrected chi connectivity index (χ3v) is 2.47. The van der Waals surface area contributed by atoms with Crippen LogP contribution in [0.2, 0.25) is 0 Å². The molecule has 3 rings (SSSR count). The van der Waals surface area contributed by atoms with Gasteiger partial charge in [-0.05, 0) is 30.6 Å². The lowest BCUT2D eigenvalue weighted by Crippen LogP contribution is -2.28. The third-order valence-electron chi connectivity index (χ3n) is 2.47. The van der Waals surface area contributed by atoms with Crippen LogP contribution in [0, 0.1) is 0 Å². The van der Waals surface area contributed by atoms with Gasteiger partial charge in [0.05, 0.1) is 0 Å². The molecule has 0 unspecified atom stereocenters. The molecule has 2 aliphatic heterocycles. The van der Waals surface area contributed by atoms with E-state index in [0.717, 1.165) is 14.0 Å². The second kappa shape index (κ2) is 2.06. The van der Waals surface area contributed by atoms with E-state index in [1.165, 1.54) is 11.4 Å². The van der Waals surface area contributed by atoms with Crippen molar-refractivity contribution in [2.75, 3.05) is 0 Å². The van der Waals surface area contributed by atoms with Crippen molar-refractivity contribution in [3.8, 4) is 0 Å². The number of rotatable bonds is 0. The fourth-order valence-electron chi connectivity index (χ4n) is 1.82. The first-order valence-electron chi connectivity index (χ1n) is 4.22. The molecule has 0 aliphatic carbocycles. The van der Waals surface area contributed by atoms with E-state index in [1.807, 2.05) is 0 Å². The number of allylic oxidation sites excluding steroid dienone is 1. The lowest BCUT2D eigenvalue weighted by atomic mass is 10.0. The zero-order valence-corrected chi connectivity index (χ0v) is 6.77. The van der Waals surface area contributed by atoms with Crippen molar-refractivity contribution in [1.29, 1.82) is 0 Å². The summed E-state index contributed by atoms with van der Waals surface area (Å²) in [4.78, 5) is 2.28. The van der Waals surface area contributed by atoms with Crippen molar-refractivity contribution in [1.82, 2.24) is 9.29 Å². The predicted molar refractivity (Wildman–Crippen MR) is 50.6 cm³/mol. The van der Waals surface area contributed by atoms with Crippen LogP contribution >= 0.6 is 0 Å². The summed E-state index contributed by atoms with van der Waals surface area (Å²) in [7, 11) is 0.977. The molecule has 0 saturated carbocycles. The van der Waals surface area contributed by atoms with Gasteiger partial charge in [-0.15, -0.1) is 0 Å². The Morgan fingerprint density at radius 3 is 3.42 bits per heavy atom. The summed E-state index contributed by atoms with van der Waals surface area (Å²) >= 11 is 0. The Balaban J connectivity index is 2.13. The minimum Gasteiger partial charge on any atom is -0.378 e. The van der Waals surface area contributed by atoms with Crippen LogP contribution in [-0.2, 0) is 0 Å². The Labute approximate surface area is 72.1 Å². The average molecular weight is 156 g/mol. The minimum atomic E-state index is 0.977. The van der Waals surface area contributed by atoms with Crippen LogP contribution in [-0.4, -0.2) is 16.8 Å². The molecular weight excluding hydrogens is 147 g/mol. The zero-order chi connectivity index (χ0) is 7.97. The van der Waals surface area contributed by atoms with Gasteiger partial charge in [-0.2, -0.15) is 0 Å². The fourth-order valence-corrected chi connectivity index (χ4v) is 1.82. The monoisotopic (exact) mass is 156 g/mol. The van der Waals surface area contributed by atoms with Crippen LogP contribution in [0.3, 0.4) is 0 Å². The van der Waals surface area contributed by atoms with Crippen molar-refractivity contribution in [3.63, 3.8) is 0 Å². The van der Waals surface area contributed by atoms with Crippen molar-refractivity contribution in [2.45, 2.75) is 6.42 Å². The molecule has 3 heteroatoms. The Kier molecular flexibility index (Phi) is 1.06. The molecule has 2 aliphatic rings. The minimum absolute atomic E-state index is 0.977. The summed E-state index contributed by atoms with van der Waals surface area (Å²) in [6, 6.07) is 4.25. The van der Waals surface area contributed by atoms with Crippen molar-refractivity contribution >= 4 is 13.6 Å². The molecule has 12 heavy (non-hydrogen) atoms. The van der Waals surface area contributed by atoms with Gasteiger partial charge in [0.15, 0.2) is 0 Å². The van der Waals surface area contributed by atoms with E-state index < -0.39 is 0 Å².